The lowest BCUT2D eigenvalue weighted by Gasteiger charge is -2.67. The van der Waals surface area contributed by atoms with E-state index in [4.69, 9.17) is 37.9 Å². The fourth-order valence-electron chi connectivity index (χ4n) is 11.7. The number of esters is 4. The average molecular weight is 1090 g/mol. The van der Waals surface area contributed by atoms with Crippen LogP contribution in [0.15, 0.2) is 102 Å². The molecule has 20 nitrogen and oxygen atoms in total. The first kappa shape index (κ1) is 59.0. The molecule has 2 bridgehead atoms. The van der Waals surface area contributed by atoms with Crippen molar-refractivity contribution in [2.24, 2.45) is 16.7 Å². The first-order valence-corrected chi connectivity index (χ1v) is 25.8. The molecule has 422 valence electrons. The van der Waals surface area contributed by atoms with Crippen LogP contribution in [0.3, 0.4) is 0 Å². The second-order valence-electron chi connectivity index (χ2n) is 23.2. The molecular weight excluding hydrogens is 1010 g/mol. The number of hydrogen-bond donors (Lipinski definition) is 5. The molecule has 3 fully saturated rings. The van der Waals surface area contributed by atoms with Crippen molar-refractivity contribution in [3.05, 3.63) is 119 Å². The fraction of sp³-hybridized carbons (Fsp3) is 0.534. The topological polar surface area (TPSA) is 278 Å². The number of hydrogen-bond acceptors (Lipinski definition) is 18. The Morgan fingerprint density at radius 2 is 1.19 bits per heavy atom. The minimum atomic E-state index is -2.54. The number of carbonyl (C=O) groups excluding carboxylic acids is 7. The number of methoxy groups -OCH3 is 1. The summed E-state index contributed by atoms with van der Waals surface area (Å²) in [7, 11) is 1.32. The van der Waals surface area contributed by atoms with Gasteiger partial charge in [-0.05, 0) is 89.8 Å². The molecule has 3 aliphatic carbocycles. The summed E-state index contributed by atoms with van der Waals surface area (Å²) in [6, 6.07) is 20.7. The smallest absolute Gasteiger partial charge is 0.408 e. The van der Waals surface area contributed by atoms with E-state index < -0.39 is 142 Å². The number of ketones is 1. The van der Waals surface area contributed by atoms with Crippen molar-refractivity contribution in [3.8, 4) is 0 Å². The molecule has 78 heavy (non-hydrogen) atoms. The van der Waals surface area contributed by atoms with Crippen LogP contribution in [0.25, 0.3) is 0 Å². The van der Waals surface area contributed by atoms with Crippen molar-refractivity contribution >= 4 is 41.8 Å². The zero-order chi connectivity index (χ0) is 57.5. The van der Waals surface area contributed by atoms with E-state index in [-0.39, 0.29) is 40.9 Å². The van der Waals surface area contributed by atoms with Gasteiger partial charge in [0.2, 0.25) is 0 Å². The summed E-state index contributed by atoms with van der Waals surface area (Å²) in [6.45, 7) is 16.5. The molecule has 1 saturated heterocycles. The predicted octanol–water partition coefficient (Wildman–Crippen LogP) is 6.09. The molecule has 2 unspecified atom stereocenters. The summed E-state index contributed by atoms with van der Waals surface area (Å²) in [5, 5.41) is 43.4. The molecular formula is C58H72N2O18. The van der Waals surface area contributed by atoms with Gasteiger partial charge >= 0.3 is 36.1 Å². The normalized spacial score (nSPS) is 28.9. The number of aliphatic hydroxyl groups excluding tert-OH is 2. The third-order valence-corrected chi connectivity index (χ3v) is 15.4. The van der Waals surface area contributed by atoms with Gasteiger partial charge in [-0.2, -0.15) is 0 Å². The van der Waals surface area contributed by atoms with Gasteiger partial charge in [0.15, 0.2) is 29.7 Å². The molecule has 3 aromatic carbocycles. The SMILES string of the molecule is CO[C@H]1C[C@H]2OC[C@@]2(OC(C)=O)[C@H]2[C@H](OC(=O)c3ccccc3)[C@]3(O)C[C@H](OC(=O)C(O)C(NC(=O)OC(C)(C)C)c4ccccc4)C(C)=C([C@@H](OC(=O)[C@H](O)[C@@H](NC(=O)OC(C)(C)C)c4ccccc4)C(=O)[C@]12C)C3(C)C. The van der Waals surface area contributed by atoms with Crippen LogP contribution in [0.2, 0.25) is 0 Å². The summed E-state index contributed by atoms with van der Waals surface area (Å²) in [6.07, 6.45) is -15.1. The van der Waals surface area contributed by atoms with Crippen LogP contribution in [0, 0.1) is 16.7 Å². The average Bonchev–Trinajstić information content (AvgIpc) is 3.54. The van der Waals surface area contributed by atoms with Crippen molar-refractivity contribution in [3.63, 3.8) is 0 Å². The summed E-state index contributed by atoms with van der Waals surface area (Å²) >= 11 is 0. The maximum Gasteiger partial charge on any atom is 0.408 e. The summed E-state index contributed by atoms with van der Waals surface area (Å²) in [5.41, 5.74) is -9.93. The number of carbonyl (C=O) groups is 7. The molecule has 20 heteroatoms. The van der Waals surface area contributed by atoms with Crippen LogP contribution in [-0.4, -0.2) is 136 Å². The number of rotatable bonds is 14. The van der Waals surface area contributed by atoms with Crippen molar-refractivity contribution < 1.29 is 86.8 Å². The van der Waals surface area contributed by atoms with E-state index in [1.807, 2.05) is 0 Å². The highest BCUT2D eigenvalue weighted by atomic mass is 16.6. The Labute approximate surface area is 453 Å². The number of alkyl carbamates (subject to hydrolysis) is 2. The van der Waals surface area contributed by atoms with Gasteiger partial charge in [-0.25, -0.2) is 24.0 Å². The lowest BCUT2D eigenvalue weighted by Crippen LogP contribution is -2.82. The molecule has 3 aromatic rings. The maximum absolute atomic E-state index is 16.5. The Kier molecular flexibility index (Phi) is 16.8. The van der Waals surface area contributed by atoms with E-state index >= 15 is 4.79 Å². The Morgan fingerprint density at radius 3 is 1.63 bits per heavy atom. The van der Waals surface area contributed by atoms with Crippen LogP contribution in [0.1, 0.15) is 123 Å². The van der Waals surface area contributed by atoms with Gasteiger partial charge in [-0.1, -0.05) is 92.7 Å². The van der Waals surface area contributed by atoms with Crippen LogP contribution in [0.5, 0.6) is 0 Å². The van der Waals surface area contributed by atoms with Crippen LogP contribution < -0.4 is 10.6 Å². The van der Waals surface area contributed by atoms with Crippen molar-refractivity contribution in [2.45, 2.75) is 166 Å². The first-order valence-electron chi connectivity index (χ1n) is 25.8. The Hall–Kier alpha value is -6.71. The minimum Gasteiger partial charge on any atom is -0.456 e. The minimum absolute atomic E-state index is 0.0306. The highest BCUT2D eigenvalue weighted by Gasteiger charge is 2.78. The molecule has 7 rings (SSSR count). The largest absolute Gasteiger partial charge is 0.456 e. The van der Waals surface area contributed by atoms with E-state index in [1.54, 1.807) is 108 Å². The van der Waals surface area contributed by atoms with Crippen LogP contribution >= 0.6 is 0 Å². The van der Waals surface area contributed by atoms with Gasteiger partial charge in [0.1, 0.15) is 35.1 Å². The van der Waals surface area contributed by atoms with Gasteiger partial charge < -0.3 is 63.8 Å². The number of nitrogens with one attached hydrogen (secondary N) is 2. The maximum atomic E-state index is 16.5. The number of benzene rings is 3. The monoisotopic (exact) mass is 1080 g/mol. The second kappa shape index (κ2) is 22.2. The second-order valence-corrected chi connectivity index (χ2v) is 23.2. The lowest BCUT2D eigenvalue weighted by atomic mass is 9.44. The van der Waals surface area contributed by atoms with Gasteiger partial charge in [-0.3, -0.25) is 9.59 Å². The molecule has 13 atom stereocenters. The summed E-state index contributed by atoms with van der Waals surface area (Å²) in [4.78, 5) is 101. The van der Waals surface area contributed by atoms with E-state index in [0.29, 0.717) is 0 Å². The Morgan fingerprint density at radius 1 is 0.718 bits per heavy atom. The third kappa shape index (κ3) is 11.4. The van der Waals surface area contributed by atoms with Gasteiger partial charge in [0.05, 0.1) is 41.7 Å². The molecule has 2 saturated carbocycles. The third-order valence-electron chi connectivity index (χ3n) is 15.4. The van der Waals surface area contributed by atoms with Gasteiger partial charge in [0.25, 0.3) is 0 Å². The molecule has 0 spiro atoms. The van der Waals surface area contributed by atoms with Crippen LogP contribution in [0.4, 0.5) is 9.59 Å². The van der Waals surface area contributed by atoms with E-state index in [1.165, 1.54) is 59.1 Å². The lowest BCUT2D eigenvalue weighted by molar-refractivity contribution is -0.347. The number of fused-ring (bicyclic) bond motifs is 5. The number of amides is 2. The summed E-state index contributed by atoms with van der Waals surface area (Å²) < 4.78 is 48.6. The summed E-state index contributed by atoms with van der Waals surface area (Å²) in [5.74, 6) is -7.11. The molecule has 0 aromatic heterocycles. The Balaban J connectivity index is 1.44. The molecule has 0 radical (unpaired) electrons. The Bertz CT molecular complexity index is 2770. The molecule has 1 heterocycles. The van der Waals surface area contributed by atoms with Gasteiger partial charge in [-0.15, -0.1) is 0 Å². The molecule has 5 N–H and O–H groups in total. The van der Waals surface area contributed by atoms with Crippen molar-refractivity contribution in [1.82, 2.24) is 10.6 Å². The standard InChI is InChI=1S/C58H72N2O18/c1-31-36(73-49(66)42(62)40(33-22-16-13-17-23-33)59-51(68)77-53(3,4)5)29-58(70)47(75-48(65)35-26-20-15-21-27-35)45-56(11,37(71-12)28-38-57(45,30-72-38)76-32(2)61)46(64)44(39(31)55(58,9)10)74-50(67)43(63)41(34-24-18-14-19-25-34)60-52(69)78-54(6,7)8/h13-27,36-38,40-45,47,62-63,70H,28-30H2,1-12H3,(H,59,68)(H,60,69)/t36-,37-,38+,40?,41-,42?,43+,44+,45-,47-,56+,57-,58+/m0/s1. The zero-order valence-corrected chi connectivity index (χ0v) is 46.0. The van der Waals surface area contributed by atoms with Crippen LogP contribution in [-0.2, 0) is 57.1 Å². The number of ether oxygens (including phenoxy) is 8. The highest BCUT2D eigenvalue weighted by molar-refractivity contribution is 5.96. The number of Topliss-reactive ketones (excluding diaryl/α,β-unsaturated/α-hetero) is 1. The molecule has 1 aliphatic heterocycles. The van der Waals surface area contributed by atoms with Crippen molar-refractivity contribution in [2.75, 3.05) is 13.7 Å². The first-order chi connectivity index (χ1) is 36.4. The number of aliphatic hydroxyl groups is 3. The zero-order valence-electron chi connectivity index (χ0n) is 46.0. The highest BCUT2D eigenvalue weighted by Crippen LogP contribution is 2.65. The van der Waals surface area contributed by atoms with E-state index in [9.17, 15) is 44.1 Å². The van der Waals surface area contributed by atoms with Crippen molar-refractivity contribution in [1.29, 1.82) is 0 Å². The quantitative estimate of drug-likeness (QED) is 0.0694. The van der Waals surface area contributed by atoms with Gasteiger partial charge in [0, 0.05) is 32.3 Å². The van der Waals surface area contributed by atoms with E-state index in [0.717, 1.165) is 6.92 Å². The predicted molar refractivity (Wildman–Crippen MR) is 277 cm³/mol. The fourth-order valence-corrected chi connectivity index (χ4v) is 11.7. The molecule has 2 amide bonds. The van der Waals surface area contributed by atoms with E-state index in [2.05, 4.69) is 10.6 Å². The molecule has 4 aliphatic rings.